The van der Waals surface area contributed by atoms with Crippen molar-refractivity contribution in [1.82, 2.24) is 20.0 Å². The van der Waals surface area contributed by atoms with Crippen LogP contribution in [0, 0.1) is 0 Å². The number of nitrogens with two attached hydrogens (primary N) is 1. The van der Waals surface area contributed by atoms with Crippen molar-refractivity contribution in [1.29, 1.82) is 0 Å². The first-order valence-corrected chi connectivity index (χ1v) is 7.04. The van der Waals surface area contributed by atoms with E-state index in [4.69, 9.17) is 5.84 Å². The van der Waals surface area contributed by atoms with E-state index in [2.05, 4.69) is 26.0 Å². The summed E-state index contributed by atoms with van der Waals surface area (Å²) in [4.78, 5) is 9.04. The smallest absolute Gasteiger partial charge is 0.111 e. The monoisotopic (exact) mass is 281 g/mol. The van der Waals surface area contributed by atoms with Gasteiger partial charge in [-0.2, -0.15) is 0 Å². The third-order valence-electron chi connectivity index (χ3n) is 3.73. The number of benzene rings is 1. The fourth-order valence-electron chi connectivity index (χ4n) is 2.56. The van der Waals surface area contributed by atoms with Crippen molar-refractivity contribution in [2.24, 2.45) is 12.9 Å². The maximum absolute atomic E-state index is 5.70. The van der Waals surface area contributed by atoms with E-state index in [9.17, 15) is 0 Å². The average molecular weight is 281 g/mol. The second-order valence-corrected chi connectivity index (χ2v) is 5.17. The minimum absolute atomic E-state index is 0.107. The summed E-state index contributed by atoms with van der Waals surface area (Å²) in [6.45, 7) is 0. The molecular weight excluding hydrogens is 262 g/mol. The number of pyridine rings is 1. The van der Waals surface area contributed by atoms with Crippen LogP contribution < -0.4 is 11.3 Å². The van der Waals surface area contributed by atoms with Gasteiger partial charge in [0.25, 0.3) is 0 Å². The lowest BCUT2D eigenvalue weighted by atomic mass is 10.1. The molecule has 1 atom stereocenters. The summed E-state index contributed by atoms with van der Waals surface area (Å²) < 4.78 is 2.12. The van der Waals surface area contributed by atoms with E-state index in [0.717, 1.165) is 35.4 Å². The number of nitrogens with zero attached hydrogens (tertiary/aromatic N) is 3. The van der Waals surface area contributed by atoms with Crippen LogP contribution in [-0.2, 0) is 19.9 Å². The van der Waals surface area contributed by atoms with Crippen LogP contribution in [0.4, 0.5) is 0 Å². The van der Waals surface area contributed by atoms with E-state index in [-0.39, 0.29) is 6.04 Å². The Morgan fingerprint density at radius 2 is 1.95 bits per heavy atom. The van der Waals surface area contributed by atoms with E-state index in [1.54, 1.807) is 6.20 Å². The van der Waals surface area contributed by atoms with Crippen LogP contribution in [0.3, 0.4) is 0 Å². The van der Waals surface area contributed by atoms with Crippen LogP contribution in [0.1, 0.15) is 11.5 Å². The van der Waals surface area contributed by atoms with Gasteiger partial charge in [-0.25, -0.2) is 4.98 Å². The first kappa shape index (κ1) is 13.7. The van der Waals surface area contributed by atoms with Gasteiger partial charge in [0.05, 0.1) is 11.0 Å². The maximum Gasteiger partial charge on any atom is 0.111 e. The molecule has 0 saturated carbocycles. The number of hydrogen-bond acceptors (Lipinski definition) is 4. The third kappa shape index (κ3) is 2.94. The first-order chi connectivity index (χ1) is 10.3. The number of para-hydroxylation sites is 2. The zero-order chi connectivity index (χ0) is 14.7. The lowest BCUT2D eigenvalue weighted by Gasteiger charge is -2.15. The Labute approximate surface area is 123 Å². The normalized spacial score (nSPS) is 12.7. The molecule has 2 heterocycles. The Morgan fingerprint density at radius 1 is 1.14 bits per heavy atom. The first-order valence-electron chi connectivity index (χ1n) is 7.04. The SMILES string of the molecule is Cn1c(CC(Cc2ccccn2)NN)nc2ccccc21. The van der Waals surface area contributed by atoms with Crippen LogP contribution in [0.25, 0.3) is 11.0 Å². The highest BCUT2D eigenvalue weighted by atomic mass is 15.2. The van der Waals surface area contributed by atoms with E-state index in [1.807, 2.05) is 43.4 Å². The molecule has 0 fully saturated rings. The fourth-order valence-corrected chi connectivity index (χ4v) is 2.56. The van der Waals surface area contributed by atoms with Crippen LogP contribution in [0.5, 0.6) is 0 Å². The van der Waals surface area contributed by atoms with Gasteiger partial charge in [0.2, 0.25) is 0 Å². The molecule has 1 unspecified atom stereocenters. The molecule has 5 heteroatoms. The van der Waals surface area contributed by atoms with Gasteiger partial charge < -0.3 is 4.57 Å². The van der Waals surface area contributed by atoms with Crippen molar-refractivity contribution in [3.63, 3.8) is 0 Å². The number of aryl methyl sites for hydroxylation is 1. The van der Waals surface area contributed by atoms with Gasteiger partial charge >= 0.3 is 0 Å². The number of hydrogen-bond donors (Lipinski definition) is 2. The van der Waals surface area contributed by atoms with E-state index in [1.165, 1.54) is 0 Å². The number of nitrogens with one attached hydrogen (secondary N) is 1. The molecule has 3 aromatic rings. The minimum atomic E-state index is 0.107. The molecule has 0 aliphatic carbocycles. The zero-order valence-electron chi connectivity index (χ0n) is 12.0. The maximum atomic E-state index is 5.70. The number of aromatic nitrogens is 3. The minimum Gasteiger partial charge on any atom is -0.331 e. The second-order valence-electron chi connectivity index (χ2n) is 5.17. The molecule has 3 rings (SSSR count). The van der Waals surface area contributed by atoms with Gasteiger partial charge in [-0.05, 0) is 24.3 Å². The molecule has 0 aliphatic rings. The quantitative estimate of drug-likeness (QED) is 0.550. The van der Waals surface area contributed by atoms with Crippen molar-refractivity contribution in [2.75, 3.05) is 0 Å². The van der Waals surface area contributed by atoms with Crippen molar-refractivity contribution in [3.8, 4) is 0 Å². The molecule has 0 bridgehead atoms. The summed E-state index contributed by atoms with van der Waals surface area (Å²) in [6.07, 6.45) is 3.34. The Kier molecular flexibility index (Phi) is 3.94. The van der Waals surface area contributed by atoms with Gasteiger partial charge in [-0.1, -0.05) is 18.2 Å². The van der Waals surface area contributed by atoms with E-state index < -0.39 is 0 Å². The van der Waals surface area contributed by atoms with Crippen molar-refractivity contribution in [2.45, 2.75) is 18.9 Å². The van der Waals surface area contributed by atoms with Crippen LogP contribution in [0.2, 0.25) is 0 Å². The van der Waals surface area contributed by atoms with Crippen molar-refractivity contribution in [3.05, 3.63) is 60.2 Å². The summed E-state index contributed by atoms with van der Waals surface area (Å²) in [5, 5.41) is 0. The van der Waals surface area contributed by atoms with Gasteiger partial charge in [0.1, 0.15) is 5.82 Å². The predicted octanol–water partition coefficient (Wildman–Crippen LogP) is 1.59. The van der Waals surface area contributed by atoms with Gasteiger partial charge in [0, 0.05) is 37.8 Å². The highest BCUT2D eigenvalue weighted by Gasteiger charge is 2.14. The van der Waals surface area contributed by atoms with E-state index in [0.29, 0.717) is 0 Å². The molecule has 0 aliphatic heterocycles. The molecule has 0 radical (unpaired) electrons. The summed E-state index contributed by atoms with van der Waals surface area (Å²) in [5.41, 5.74) is 6.06. The topological polar surface area (TPSA) is 68.8 Å². The van der Waals surface area contributed by atoms with Crippen LogP contribution in [-0.4, -0.2) is 20.6 Å². The molecule has 21 heavy (non-hydrogen) atoms. The average Bonchev–Trinajstić information content (AvgIpc) is 2.84. The summed E-state index contributed by atoms with van der Waals surface area (Å²) >= 11 is 0. The van der Waals surface area contributed by atoms with Crippen molar-refractivity contribution >= 4 is 11.0 Å². The summed E-state index contributed by atoms with van der Waals surface area (Å²) in [5.74, 6) is 6.72. The number of hydrazine groups is 1. The highest BCUT2D eigenvalue weighted by molar-refractivity contribution is 5.75. The molecule has 108 valence electrons. The number of rotatable bonds is 5. The molecule has 0 saturated heterocycles. The Balaban J connectivity index is 1.81. The highest BCUT2D eigenvalue weighted by Crippen LogP contribution is 2.16. The Morgan fingerprint density at radius 3 is 2.67 bits per heavy atom. The standard InChI is InChI=1S/C16H19N5/c1-21-15-8-3-2-7-14(15)19-16(21)11-13(20-17)10-12-6-4-5-9-18-12/h2-9,13,20H,10-11,17H2,1H3. The second kappa shape index (κ2) is 6.03. The Bertz CT molecular complexity index is 720. The molecule has 5 nitrogen and oxygen atoms in total. The van der Waals surface area contributed by atoms with Crippen molar-refractivity contribution < 1.29 is 0 Å². The van der Waals surface area contributed by atoms with Gasteiger partial charge in [-0.3, -0.25) is 16.3 Å². The molecule has 0 amide bonds. The fraction of sp³-hybridized carbons (Fsp3) is 0.250. The molecule has 1 aromatic carbocycles. The molecule has 2 aromatic heterocycles. The number of fused-ring (bicyclic) bond motifs is 1. The largest absolute Gasteiger partial charge is 0.331 e. The number of imidazole rings is 1. The predicted molar refractivity (Wildman–Crippen MR) is 83.5 cm³/mol. The Hall–Kier alpha value is -2.24. The van der Waals surface area contributed by atoms with Gasteiger partial charge in [-0.15, -0.1) is 0 Å². The summed E-state index contributed by atoms with van der Waals surface area (Å²) in [7, 11) is 2.04. The van der Waals surface area contributed by atoms with Crippen LogP contribution in [0.15, 0.2) is 48.7 Å². The molecule has 0 spiro atoms. The zero-order valence-corrected chi connectivity index (χ0v) is 12.0. The van der Waals surface area contributed by atoms with Gasteiger partial charge in [0.15, 0.2) is 0 Å². The molecule has 3 N–H and O–H groups in total. The lowest BCUT2D eigenvalue weighted by molar-refractivity contribution is 0.501. The van der Waals surface area contributed by atoms with Crippen LogP contribution >= 0.6 is 0 Å². The third-order valence-corrected chi connectivity index (χ3v) is 3.73. The van der Waals surface area contributed by atoms with E-state index >= 15 is 0 Å². The summed E-state index contributed by atoms with van der Waals surface area (Å²) in [6, 6.07) is 14.2. The lowest BCUT2D eigenvalue weighted by Crippen LogP contribution is -2.39. The molecular formula is C16H19N5.